The number of aromatic nitrogens is 4. The highest BCUT2D eigenvalue weighted by Gasteiger charge is 2.33. The number of para-hydroxylation sites is 4. The topological polar surface area (TPSA) is 188 Å². The van der Waals surface area contributed by atoms with E-state index in [9.17, 15) is 24.6 Å². The van der Waals surface area contributed by atoms with Gasteiger partial charge in [-0.25, -0.2) is 14.8 Å². The number of nitrogens with two attached hydrogens (primary N) is 1. The first-order valence-corrected chi connectivity index (χ1v) is 32.3. The normalized spacial score (nSPS) is 19.0. The highest BCUT2D eigenvalue weighted by atomic mass is 16.6. The Morgan fingerprint density at radius 3 is 1.47 bits per heavy atom. The molecule has 0 bridgehead atoms. The first-order valence-electron chi connectivity index (χ1n) is 32.3. The Morgan fingerprint density at radius 2 is 1.04 bits per heavy atom. The predicted molar refractivity (Wildman–Crippen MR) is 341 cm³/mol. The summed E-state index contributed by atoms with van der Waals surface area (Å²) in [7, 11) is 0. The molecule has 460 valence electrons. The van der Waals surface area contributed by atoms with Crippen LogP contribution in [0, 0.1) is 11.8 Å². The zero-order chi connectivity index (χ0) is 59.9. The van der Waals surface area contributed by atoms with E-state index >= 15 is 0 Å². The number of alkyl carbamates (subject to hydrolysis) is 1. The molecule has 4 aliphatic rings. The fraction of sp³-hybridized carbons (Fsp3) is 0.580. The third kappa shape index (κ3) is 17.2. The standard InChI is InChI=1S/C37H53N5O4.C32H45N5O2/c1-5-6-20-42-33-12-8-7-11-32(33)39-35(42)29-10-9-19-41(25-29)34(44)24-30(38-36(45)46-37(2,3)4)23-27-13-15-31(16-14-27)40-21-17-28(26-43)18-22-40;1-2-3-17-37-30-9-5-4-8-29(30)34-32(37)26-7-6-16-36(22-26)31(39)21-27(33)20-24-10-12-28(13-11-24)35-18-14-25(23-38)15-19-35/h7-8,11-16,28-30,43H,5-6,9-10,17-26H2,1-4H3,(H,38,45);4-5,8-13,25-27,38H,2-3,6-7,14-23,33H2,1H3/t29-,30-;26-,27-/m11/s1. The lowest BCUT2D eigenvalue weighted by Crippen LogP contribution is -2.46. The summed E-state index contributed by atoms with van der Waals surface area (Å²) in [5.41, 5.74) is 14.9. The molecular formula is C69H98N10O6. The van der Waals surface area contributed by atoms with Crippen LogP contribution in [0.2, 0.25) is 0 Å². The molecule has 6 heterocycles. The summed E-state index contributed by atoms with van der Waals surface area (Å²) in [4.78, 5) is 58.9. The van der Waals surface area contributed by atoms with Gasteiger partial charge in [-0.1, -0.05) is 75.2 Å². The molecule has 0 aliphatic carbocycles. The molecule has 4 aliphatic heterocycles. The monoisotopic (exact) mass is 1160 g/mol. The Morgan fingerprint density at radius 1 is 0.600 bits per heavy atom. The molecule has 2 aromatic heterocycles. The molecule has 85 heavy (non-hydrogen) atoms. The van der Waals surface area contributed by atoms with E-state index in [-0.39, 0.29) is 42.7 Å². The Labute approximate surface area is 505 Å². The van der Waals surface area contributed by atoms with Gasteiger partial charge in [0.05, 0.1) is 22.1 Å². The average molecular weight is 1160 g/mol. The van der Waals surface area contributed by atoms with E-state index in [4.69, 9.17) is 20.4 Å². The lowest BCUT2D eigenvalue weighted by molar-refractivity contribution is -0.133. The van der Waals surface area contributed by atoms with Crippen LogP contribution < -0.4 is 20.9 Å². The molecule has 3 amide bonds. The van der Waals surface area contributed by atoms with Crippen LogP contribution in [0.1, 0.15) is 159 Å². The maximum atomic E-state index is 13.9. The minimum absolute atomic E-state index is 0.0466. The number of likely N-dealkylation sites (tertiary alicyclic amines) is 2. The number of amides is 3. The molecule has 4 fully saturated rings. The third-order valence-electron chi connectivity index (χ3n) is 18.0. The molecule has 16 heteroatoms. The molecule has 0 saturated carbocycles. The number of piperidine rings is 4. The summed E-state index contributed by atoms with van der Waals surface area (Å²) >= 11 is 0. The summed E-state index contributed by atoms with van der Waals surface area (Å²) in [5, 5.41) is 21.9. The van der Waals surface area contributed by atoms with Crippen molar-refractivity contribution in [2.75, 3.05) is 75.4 Å². The minimum atomic E-state index is -0.632. The highest BCUT2D eigenvalue weighted by molar-refractivity contribution is 5.80. The maximum Gasteiger partial charge on any atom is 0.407 e. The van der Waals surface area contributed by atoms with Crippen molar-refractivity contribution in [1.82, 2.24) is 34.2 Å². The fourth-order valence-corrected chi connectivity index (χ4v) is 13.2. The van der Waals surface area contributed by atoms with E-state index in [0.717, 1.165) is 169 Å². The number of unbranched alkanes of at least 4 members (excludes halogenated alkanes) is 2. The smallest absolute Gasteiger partial charge is 0.407 e. The van der Waals surface area contributed by atoms with Crippen molar-refractivity contribution in [2.24, 2.45) is 17.6 Å². The fourth-order valence-electron chi connectivity index (χ4n) is 13.2. The van der Waals surface area contributed by atoms with Gasteiger partial charge in [0.25, 0.3) is 0 Å². The van der Waals surface area contributed by atoms with Crippen LogP contribution in [0.25, 0.3) is 22.1 Å². The predicted octanol–water partition coefficient (Wildman–Crippen LogP) is 11.0. The van der Waals surface area contributed by atoms with E-state index in [1.807, 2.05) is 36.6 Å². The maximum absolute atomic E-state index is 13.9. The number of ether oxygens (including phenoxy) is 1. The van der Waals surface area contributed by atoms with Crippen molar-refractivity contribution < 1.29 is 29.3 Å². The molecule has 5 N–H and O–H groups in total. The van der Waals surface area contributed by atoms with Crippen LogP contribution >= 0.6 is 0 Å². The van der Waals surface area contributed by atoms with Crippen LogP contribution in [0.4, 0.5) is 16.2 Å². The number of fused-ring (bicyclic) bond motifs is 2. The summed E-state index contributed by atoms with van der Waals surface area (Å²) in [6.45, 7) is 19.2. The Hall–Kier alpha value is -6.49. The summed E-state index contributed by atoms with van der Waals surface area (Å²) in [6.07, 6.45) is 13.8. The molecule has 4 aromatic carbocycles. The number of benzene rings is 4. The van der Waals surface area contributed by atoms with Gasteiger partial charge >= 0.3 is 6.09 Å². The van der Waals surface area contributed by atoms with Crippen molar-refractivity contribution in [3.8, 4) is 0 Å². The number of carbonyl (C=O) groups excluding carboxylic acids is 3. The first-order chi connectivity index (χ1) is 41.2. The van der Waals surface area contributed by atoms with Gasteiger partial charge in [-0.05, 0) is 169 Å². The Bertz CT molecular complexity index is 3060. The Kier molecular flexibility index (Phi) is 22.4. The number of aryl methyl sites for hydroxylation is 2. The van der Waals surface area contributed by atoms with Gasteiger partial charge in [0, 0.05) is 127 Å². The minimum Gasteiger partial charge on any atom is -0.444 e. The number of aliphatic hydroxyl groups excluding tert-OH is 2. The quantitative estimate of drug-likeness (QED) is 0.0537. The van der Waals surface area contributed by atoms with Crippen molar-refractivity contribution in [3.63, 3.8) is 0 Å². The van der Waals surface area contributed by atoms with Gasteiger partial charge in [-0.3, -0.25) is 9.59 Å². The van der Waals surface area contributed by atoms with E-state index in [2.05, 4.69) is 129 Å². The second-order valence-corrected chi connectivity index (χ2v) is 25.8. The number of nitrogens with zero attached hydrogens (tertiary/aromatic N) is 8. The summed E-state index contributed by atoms with van der Waals surface area (Å²) < 4.78 is 10.3. The van der Waals surface area contributed by atoms with E-state index in [1.165, 1.54) is 16.8 Å². The molecule has 0 unspecified atom stereocenters. The number of nitrogens with one attached hydrogen (secondary N) is 1. The SMILES string of the molecule is CCCCn1c([C@@H]2CCCN(C(=O)C[C@@H](Cc3ccc(N4CCC(CO)CC4)cc3)NC(=O)OC(C)(C)C)C2)nc2ccccc21.CCCCn1c([C@@H]2CCCN(C(=O)C[C@H](N)Cc3ccc(N4CCC(CO)CC4)cc3)C2)nc2ccccc21. The van der Waals surface area contributed by atoms with E-state index in [1.54, 1.807) is 0 Å². The number of imidazole rings is 2. The Balaban J connectivity index is 0.000000206. The molecular weight excluding hydrogens is 1060 g/mol. The molecule has 0 spiro atoms. The lowest BCUT2D eigenvalue weighted by Gasteiger charge is -2.34. The number of carbonyl (C=O) groups is 3. The second-order valence-electron chi connectivity index (χ2n) is 25.8. The average Bonchev–Trinajstić information content (AvgIpc) is 2.69. The van der Waals surface area contributed by atoms with Crippen molar-refractivity contribution in [3.05, 3.63) is 120 Å². The molecule has 0 radical (unpaired) electrons. The zero-order valence-electron chi connectivity index (χ0n) is 51.7. The van der Waals surface area contributed by atoms with Gasteiger partial charge in [0.1, 0.15) is 17.2 Å². The van der Waals surface area contributed by atoms with Gasteiger partial charge in [0.15, 0.2) is 0 Å². The van der Waals surface area contributed by atoms with Crippen LogP contribution in [0.3, 0.4) is 0 Å². The molecule has 4 saturated heterocycles. The van der Waals surface area contributed by atoms with Crippen LogP contribution in [0.15, 0.2) is 97.1 Å². The van der Waals surface area contributed by atoms with Crippen LogP contribution in [-0.4, -0.2) is 140 Å². The van der Waals surface area contributed by atoms with Gasteiger partial charge in [-0.15, -0.1) is 0 Å². The zero-order valence-corrected chi connectivity index (χ0v) is 51.7. The highest BCUT2D eigenvalue weighted by Crippen LogP contribution is 2.33. The van der Waals surface area contributed by atoms with Crippen LogP contribution in [0.5, 0.6) is 0 Å². The largest absolute Gasteiger partial charge is 0.444 e. The first kappa shape index (κ1) is 63.0. The van der Waals surface area contributed by atoms with Gasteiger partial charge < -0.3 is 54.7 Å². The molecule has 16 nitrogen and oxygen atoms in total. The van der Waals surface area contributed by atoms with Gasteiger partial charge in [-0.2, -0.15) is 0 Å². The van der Waals surface area contributed by atoms with Crippen molar-refractivity contribution in [1.29, 1.82) is 0 Å². The number of aliphatic hydroxyl groups is 2. The number of hydrogen-bond donors (Lipinski definition) is 4. The summed E-state index contributed by atoms with van der Waals surface area (Å²) in [6, 6.07) is 33.2. The number of hydrogen-bond acceptors (Lipinski definition) is 11. The van der Waals surface area contributed by atoms with E-state index in [0.29, 0.717) is 50.8 Å². The molecule has 6 aromatic rings. The summed E-state index contributed by atoms with van der Waals surface area (Å²) in [5.74, 6) is 3.69. The molecule has 10 rings (SSSR count). The third-order valence-corrected chi connectivity index (χ3v) is 18.0. The number of anilines is 2. The van der Waals surface area contributed by atoms with E-state index < -0.39 is 17.7 Å². The number of rotatable bonds is 21. The van der Waals surface area contributed by atoms with Crippen LogP contribution in [-0.2, 0) is 40.3 Å². The lowest BCUT2D eigenvalue weighted by atomic mass is 9.95. The molecule has 4 atom stereocenters. The second kappa shape index (κ2) is 30.2. The van der Waals surface area contributed by atoms with Crippen molar-refractivity contribution in [2.45, 2.75) is 180 Å². The van der Waals surface area contributed by atoms with Crippen molar-refractivity contribution >= 4 is 51.3 Å². The van der Waals surface area contributed by atoms with Gasteiger partial charge in [0.2, 0.25) is 11.8 Å².